The molecule has 0 saturated carbocycles. The highest BCUT2D eigenvalue weighted by Crippen LogP contribution is 2.33. The van der Waals surface area contributed by atoms with Crippen LogP contribution < -0.4 is 5.73 Å². The molecular formula is C13H9ClF2N2O2. The summed E-state index contributed by atoms with van der Waals surface area (Å²) in [5.74, 6) is -3.26. The number of nitrogens with zero attached hydrogens (tertiary/aromatic N) is 1. The number of hydrogen-bond donors (Lipinski definition) is 2. The normalized spacial score (nSPS) is 10.6. The fourth-order valence-corrected chi connectivity index (χ4v) is 1.90. The van der Waals surface area contributed by atoms with Crippen LogP contribution in [0.1, 0.15) is 16.1 Å². The second-order valence-electron chi connectivity index (χ2n) is 4.14. The predicted octanol–water partition coefficient (Wildman–Crippen LogP) is 3.27. The van der Waals surface area contributed by atoms with Crippen LogP contribution in [0.5, 0.6) is 0 Å². The molecule has 7 heteroatoms. The van der Waals surface area contributed by atoms with Crippen LogP contribution in [0.4, 0.5) is 14.5 Å². The molecule has 104 valence electrons. The second kappa shape index (κ2) is 5.05. The lowest BCUT2D eigenvalue weighted by atomic mass is 10.1. The number of anilines is 1. The van der Waals surface area contributed by atoms with Gasteiger partial charge in [0.1, 0.15) is 11.5 Å². The third kappa shape index (κ3) is 2.30. The summed E-state index contributed by atoms with van der Waals surface area (Å²) in [7, 11) is 0. The monoisotopic (exact) mass is 298 g/mol. The maximum Gasteiger partial charge on any atom is 0.356 e. The Hall–Kier alpha value is -2.21. The molecule has 0 saturated heterocycles. The Labute approximate surface area is 117 Å². The molecule has 0 spiro atoms. The van der Waals surface area contributed by atoms with Crippen LogP contribution in [0.15, 0.2) is 18.2 Å². The predicted molar refractivity (Wildman–Crippen MR) is 70.7 cm³/mol. The number of carbonyl (C=O) groups is 1. The summed E-state index contributed by atoms with van der Waals surface area (Å²) in [6, 6.07) is 4.03. The number of aromatic carboxylic acids is 1. The highest BCUT2D eigenvalue weighted by molar-refractivity contribution is 6.35. The Bertz CT molecular complexity index is 720. The molecule has 1 heterocycles. The second-order valence-corrected chi connectivity index (χ2v) is 4.52. The minimum atomic E-state index is -1.48. The van der Waals surface area contributed by atoms with Crippen molar-refractivity contribution >= 4 is 23.3 Å². The molecule has 1 aromatic carbocycles. The molecule has 0 atom stereocenters. The van der Waals surface area contributed by atoms with E-state index in [-0.39, 0.29) is 5.56 Å². The number of pyridine rings is 1. The fourth-order valence-electron chi connectivity index (χ4n) is 1.69. The highest BCUT2D eigenvalue weighted by Gasteiger charge is 2.23. The summed E-state index contributed by atoms with van der Waals surface area (Å²) in [6.07, 6.45) is 0. The van der Waals surface area contributed by atoms with Crippen LogP contribution >= 0.6 is 11.6 Å². The van der Waals surface area contributed by atoms with Gasteiger partial charge in [0.15, 0.2) is 11.5 Å². The van der Waals surface area contributed by atoms with E-state index in [2.05, 4.69) is 4.98 Å². The molecule has 3 N–H and O–H groups in total. The van der Waals surface area contributed by atoms with E-state index >= 15 is 0 Å². The van der Waals surface area contributed by atoms with Crippen molar-refractivity contribution in [2.75, 3.05) is 5.73 Å². The average molecular weight is 299 g/mol. The van der Waals surface area contributed by atoms with E-state index < -0.39 is 39.7 Å². The maximum atomic E-state index is 14.0. The van der Waals surface area contributed by atoms with Crippen molar-refractivity contribution < 1.29 is 18.7 Å². The van der Waals surface area contributed by atoms with Gasteiger partial charge in [0.25, 0.3) is 0 Å². The fraction of sp³-hybridized carbons (Fsp3) is 0.0769. The van der Waals surface area contributed by atoms with Gasteiger partial charge in [-0.15, -0.1) is 0 Å². The van der Waals surface area contributed by atoms with Crippen molar-refractivity contribution in [1.29, 1.82) is 0 Å². The smallest absolute Gasteiger partial charge is 0.356 e. The number of aryl methyl sites for hydroxylation is 1. The third-order valence-corrected chi connectivity index (χ3v) is 3.08. The molecule has 2 aromatic rings. The number of nitrogen functional groups attached to an aromatic ring is 1. The van der Waals surface area contributed by atoms with Gasteiger partial charge in [-0.2, -0.15) is 0 Å². The molecule has 2 rings (SSSR count). The molecule has 0 unspecified atom stereocenters. The Morgan fingerprint density at radius 2 is 2.05 bits per heavy atom. The molecule has 0 amide bonds. The maximum absolute atomic E-state index is 14.0. The summed E-state index contributed by atoms with van der Waals surface area (Å²) in [5.41, 5.74) is 4.17. The van der Waals surface area contributed by atoms with Gasteiger partial charge < -0.3 is 10.8 Å². The molecule has 0 radical (unpaired) electrons. The lowest BCUT2D eigenvalue weighted by Crippen LogP contribution is -2.08. The third-order valence-electron chi connectivity index (χ3n) is 2.69. The number of hydrogen-bond acceptors (Lipinski definition) is 3. The summed E-state index contributed by atoms with van der Waals surface area (Å²) >= 11 is 5.62. The van der Waals surface area contributed by atoms with E-state index in [0.29, 0.717) is 5.56 Å². The molecule has 1 aromatic heterocycles. The van der Waals surface area contributed by atoms with Gasteiger partial charge in [-0.1, -0.05) is 17.7 Å². The van der Waals surface area contributed by atoms with Crippen molar-refractivity contribution in [2.24, 2.45) is 0 Å². The lowest BCUT2D eigenvalue weighted by Gasteiger charge is -2.10. The van der Waals surface area contributed by atoms with Crippen LogP contribution in [-0.4, -0.2) is 16.1 Å². The Kier molecular flexibility index (Phi) is 3.59. The van der Waals surface area contributed by atoms with E-state index in [1.165, 1.54) is 12.1 Å². The molecular weight excluding hydrogens is 290 g/mol. The van der Waals surface area contributed by atoms with E-state index in [1.54, 1.807) is 13.0 Å². The topological polar surface area (TPSA) is 76.2 Å². The first-order valence-electron chi connectivity index (χ1n) is 5.47. The first-order valence-corrected chi connectivity index (χ1v) is 5.85. The van der Waals surface area contributed by atoms with E-state index in [9.17, 15) is 13.6 Å². The number of carboxylic acids is 1. The van der Waals surface area contributed by atoms with Crippen LogP contribution in [0.2, 0.25) is 5.02 Å². The molecule has 0 aliphatic carbocycles. The summed E-state index contributed by atoms with van der Waals surface area (Å²) < 4.78 is 27.9. The number of aromatic nitrogens is 1. The Balaban J connectivity index is 2.77. The van der Waals surface area contributed by atoms with Gasteiger partial charge in [-0.05, 0) is 24.6 Å². The molecule has 0 bridgehead atoms. The van der Waals surface area contributed by atoms with Gasteiger partial charge in [0, 0.05) is 5.56 Å². The number of halogens is 3. The Morgan fingerprint density at radius 3 is 2.60 bits per heavy atom. The molecule has 0 fully saturated rings. The van der Waals surface area contributed by atoms with Gasteiger partial charge in [0.2, 0.25) is 0 Å². The van der Waals surface area contributed by atoms with Gasteiger partial charge >= 0.3 is 5.97 Å². The Morgan fingerprint density at radius 1 is 1.40 bits per heavy atom. The van der Waals surface area contributed by atoms with Crippen LogP contribution in [0, 0.1) is 18.6 Å². The van der Waals surface area contributed by atoms with Crippen molar-refractivity contribution in [1.82, 2.24) is 4.98 Å². The zero-order chi connectivity index (χ0) is 15.0. The molecule has 20 heavy (non-hydrogen) atoms. The SMILES string of the molecule is Cc1ccc(-c2nc(C(=O)O)c(Cl)c(N)c2F)c(F)c1. The largest absolute Gasteiger partial charge is 0.476 e. The van der Waals surface area contributed by atoms with Crippen molar-refractivity contribution in [3.8, 4) is 11.3 Å². The van der Waals surface area contributed by atoms with E-state index in [0.717, 1.165) is 0 Å². The van der Waals surface area contributed by atoms with Crippen LogP contribution in [-0.2, 0) is 0 Å². The minimum Gasteiger partial charge on any atom is -0.476 e. The summed E-state index contributed by atoms with van der Waals surface area (Å²) in [4.78, 5) is 14.6. The van der Waals surface area contributed by atoms with Crippen LogP contribution in [0.3, 0.4) is 0 Å². The molecule has 0 aliphatic heterocycles. The van der Waals surface area contributed by atoms with Crippen molar-refractivity contribution in [3.05, 3.63) is 46.1 Å². The standard InChI is InChI=1S/C13H9ClF2N2O2/c1-5-2-3-6(7(15)4-5)11-9(16)10(17)8(14)12(18-11)13(19)20/h2-4H,1H3,(H2,17,18)(H,19,20). The van der Waals surface area contributed by atoms with Gasteiger partial charge in [-0.25, -0.2) is 18.6 Å². The first-order chi connectivity index (χ1) is 9.32. The highest BCUT2D eigenvalue weighted by atomic mass is 35.5. The number of nitrogens with two attached hydrogens (primary N) is 1. The first kappa shape index (κ1) is 14.2. The van der Waals surface area contributed by atoms with Gasteiger partial charge in [-0.3, -0.25) is 0 Å². The van der Waals surface area contributed by atoms with Crippen molar-refractivity contribution in [2.45, 2.75) is 6.92 Å². The zero-order valence-corrected chi connectivity index (χ0v) is 11.0. The van der Waals surface area contributed by atoms with Crippen LogP contribution in [0.25, 0.3) is 11.3 Å². The molecule has 0 aliphatic rings. The molecule has 4 nitrogen and oxygen atoms in total. The van der Waals surface area contributed by atoms with Crippen molar-refractivity contribution in [3.63, 3.8) is 0 Å². The van der Waals surface area contributed by atoms with E-state index in [4.69, 9.17) is 22.4 Å². The van der Waals surface area contributed by atoms with Gasteiger partial charge in [0.05, 0.1) is 10.7 Å². The van der Waals surface area contributed by atoms with E-state index in [1.807, 2.05) is 0 Å². The number of carboxylic acid groups (broad SMARTS) is 1. The number of benzene rings is 1. The quantitative estimate of drug-likeness (QED) is 0.892. The summed E-state index contributed by atoms with van der Waals surface area (Å²) in [6.45, 7) is 1.66. The minimum absolute atomic E-state index is 0.182. The zero-order valence-electron chi connectivity index (χ0n) is 10.2. The lowest BCUT2D eigenvalue weighted by molar-refractivity contribution is 0.0691. The average Bonchev–Trinajstić information content (AvgIpc) is 2.37. The summed E-state index contributed by atoms with van der Waals surface area (Å²) in [5, 5.41) is 8.44. The number of rotatable bonds is 2.